The maximum absolute atomic E-state index is 4.33. The van der Waals surface area contributed by atoms with Crippen molar-refractivity contribution in [2.24, 2.45) is 4.99 Å². The van der Waals surface area contributed by atoms with Crippen LogP contribution in [-0.2, 0) is 0 Å². The molecular formula is C9H14N2. The van der Waals surface area contributed by atoms with Crippen molar-refractivity contribution in [1.29, 1.82) is 0 Å². The first kappa shape index (κ1) is 8.05. The van der Waals surface area contributed by atoms with Crippen molar-refractivity contribution in [2.75, 3.05) is 7.05 Å². The Morgan fingerprint density at radius 1 is 1.55 bits per heavy atom. The normalized spacial score (nSPS) is 22.1. The van der Waals surface area contributed by atoms with Crippen LogP contribution in [0.3, 0.4) is 0 Å². The minimum atomic E-state index is -0.0896. The van der Waals surface area contributed by atoms with Gasteiger partial charge in [-0.15, -0.1) is 0 Å². The van der Waals surface area contributed by atoms with Gasteiger partial charge in [-0.2, -0.15) is 0 Å². The number of rotatable bonds is 0. The Morgan fingerprint density at radius 2 is 2.18 bits per heavy atom. The predicted molar refractivity (Wildman–Crippen MR) is 48.6 cm³/mol. The zero-order chi connectivity index (χ0) is 8.48. The van der Waals surface area contributed by atoms with E-state index < -0.39 is 0 Å². The maximum atomic E-state index is 4.33. The second-order valence-electron chi connectivity index (χ2n) is 3.33. The molecule has 0 spiro atoms. The minimum Gasteiger partial charge on any atom is -0.351 e. The van der Waals surface area contributed by atoms with Gasteiger partial charge in [0.05, 0.1) is 11.2 Å². The monoisotopic (exact) mass is 150 g/mol. The lowest BCUT2D eigenvalue weighted by Crippen LogP contribution is -2.11. The lowest BCUT2D eigenvalue weighted by atomic mass is 10.1. The third-order valence-corrected chi connectivity index (χ3v) is 1.71. The summed E-state index contributed by atoms with van der Waals surface area (Å²) in [6.45, 7) is 7.97. The van der Waals surface area contributed by atoms with Crippen LogP contribution in [-0.4, -0.2) is 23.7 Å². The van der Waals surface area contributed by atoms with Crippen molar-refractivity contribution >= 4 is 6.21 Å². The average molecular weight is 150 g/mol. The van der Waals surface area contributed by atoms with E-state index in [1.165, 1.54) is 0 Å². The van der Waals surface area contributed by atoms with Crippen molar-refractivity contribution < 1.29 is 0 Å². The van der Waals surface area contributed by atoms with Gasteiger partial charge < -0.3 is 4.90 Å². The van der Waals surface area contributed by atoms with Gasteiger partial charge in [0.25, 0.3) is 0 Å². The van der Waals surface area contributed by atoms with Gasteiger partial charge in [-0.1, -0.05) is 6.58 Å². The number of hydrogen-bond acceptors (Lipinski definition) is 2. The fourth-order valence-electron chi connectivity index (χ4n) is 0.765. The molecule has 1 aliphatic heterocycles. The summed E-state index contributed by atoms with van der Waals surface area (Å²) in [6.07, 6.45) is 5.86. The van der Waals surface area contributed by atoms with Gasteiger partial charge in [0.2, 0.25) is 0 Å². The van der Waals surface area contributed by atoms with Crippen molar-refractivity contribution in [2.45, 2.75) is 19.4 Å². The zero-order valence-corrected chi connectivity index (χ0v) is 7.33. The van der Waals surface area contributed by atoms with Gasteiger partial charge in [0.15, 0.2) is 0 Å². The van der Waals surface area contributed by atoms with Crippen LogP contribution < -0.4 is 0 Å². The highest BCUT2D eigenvalue weighted by Gasteiger charge is 2.13. The first-order chi connectivity index (χ1) is 5.01. The van der Waals surface area contributed by atoms with Crippen molar-refractivity contribution in [3.63, 3.8) is 0 Å². The predicted octanol–water partition coefficient (Wildman–Crippen LogP) is 1.81. The first-order valence-corrected chi connectivity index (χ1v) is 3.68. The average Bonchev–Trinajstić information content (AvgIpc) is 2.03. The summed E-state index contributed by atoms with van der Waals surface area (Å²) >= 11 is 0. The molecule has 60 valence electrons. The molecule has 0 unspecified atom stereocenters. The van der Waals surface area contributed by atoms with Crippen LogP contribution in [0.1, 0.15) is 13.8 Å². The Hall–Kier alpha value is -1.05. The van der Waals surface area contributed by atoms with Crippen LogP contribution >= 0.6 is 0 Å². The van der Waals surface area contributed by atoms with E-state index in [9.17, 15) is 0 Å². The smallest absolute Gasteiger partial charge is 0.0749 e. The Morgan fingerprint density at radius 3 is 2.82 bits per heavy atom. The van der Waals surface area contributed by atoms with E-state index in [2.05, 4.69) is 31.5 Å². The van der Waals surface area contributed by atoms with Crippen molar-refractivity contribution in [3.8, 4) is 0 Å². The quantitative estimate of drug-likeness (QED) is 0.514. The second-order valence-corrected chi connectivity index (χ2v) is 3.33. The molecule has 0 fully saturated rings. The van der Waals surface area contributed by atoms with E-state index in [0.29, 0.717) is 0 Å². The number of aliphatic imine (C=N–C) groups is 1. The molecule has 0 N–H and O–H groups in total. The van der Waals surface area contributed by atoms with Gasteiger partial charge in [0.1, 0.15) is 0 Å². The molecular weight excluding hydrogens is 136 g/mol. The topological polar surface area (TPSA) is 15.6 Å². The van der Waals surface area contributed by atoms with Crippen molar-refractivity contribution in [1.82, 2.24) is 4.90 Å². The Bertz CT molecular complexity index is 224. The molecule has 0 aromatic heterocycles. The SMILES string of the molecule is C=C1C=NC(C)(C)C=CN1C. The minimum absolute atomic E-state index is 0.0896. The fraction of sp³-hybridized carbons (Fsp3) is 0.444. The Labute approximate surface area is 67.9 Å². The van der Waals surface area contributed by atoms with E-state index in [1.807, 2.05) is 18.1 Å². The third kappa shape index (κ3) is 1.93. The van der Waals surface area contributed by atoms with Gasteiger partial charge in [0, 0.05) is 19.5 Å². The summed E-state index contributed by atoms with van der Waals surface area (Å²) in [5, 5.41) is 0. The molecule has 0 aromatic rings. The molecule has 1 aliphatic rings. The Balaban J connectivity index is 2.93. The highest BCUT2D eigenvalue weighted by atomic mass is 15.1. The zero-order valence-electron chi connectivity index (χ0n) is 7.33. The Kier molecular flexibility index (Phi) is 1.85. The molecule has 0 bridgehead atoms. The highest BCUT2D eigenvalue weighted by molar-refractivity contribution is 5.78. The molecule has 0 atom stereocenters. The number of hydrogen-bond donors (Lipinski definition) is 0. The summed E-state index contributed by atoms with van der Waals surface area (Å²) in [5.74, 6) is 0. The van der Waals surface area contributed by atoms with E-state index in [4.69, 9.17) is 0 Å². The van der Waals surface area contributed by atoms with Gasteiger partial charge in [-0.05, 0) is 19.9 Å². The standard InChI is InChI=1S/C9H14N2/c1-8-7-10-9(2,3)5-6-11(8)4/h5-7H,1H2,2-4H3. The number of nitrogens with zero attached hydrogens (tertiary/aromatic N) is 2. The number of allylic oxidation sites excluding steroid dienone is 1. The molecule has 0 aromatic carbocycles. The van der Waals surface area contributed by atoms with Gasteiger partial charge >= 0.3 is 0 Å². The van der Waals surface area contributed by atoms with Crippen LogP contribution in [0.2, 0.25) is 0 Å². The third-order valence-electron chi connectivity index (χ3n) is 1.71. The lowest BCUT2D eigenvalue weighted by molar-refractivity contribution is 0.595. The molecule has 1 rings (SSSR count). The second kappa shape index (κ2) is 2.53. The molecule has 0 aliphatic carbocycles. The summed E-state index contributed by atoms with van der Waals surface area (Å²) in [5.41, 5.74) is 0.833. The van der Waals surface area contributed by atoms with Gasteiger partial charge in [-0.3, -0.25) is 4.99 Å². The maximum Gasteiger partial charge on any atom is 0.0749 e. The van der Waals surface area contributed by atoms with Crippen LogP contribution in [0.15, 0.2) is 29.5 Å². The summed E-state index contributed by atoms with van der Waals surface area (Å²) in [7, 11) is 1.96. The summed E-state index contributed by atoms with van der Waals surface area (Å²) < 4.78 is 0. The fourth-order valence-corrected chi connectivity index (χ4v) is 0.765. The molecule has 1 heterocycles. The molecule has 2 heteroatoms. The molecule has 0 saturated carbocycles. The molecule has 0 saturated heterocycles. The first-order valence-electron chi connectivity index (χ1n) is 3.68. The molecule has 0 radical (unpaired) electrons. The van der Waals surface area contributed by atoms with E-state index in [-0.39, 0.29) is 5.54 Å². The van der Waals surface area contributed by atoms with Crippen LogP contribution in [0.25, 0.3) is 0 Å². The van der Waals surface area contributed by atoms with Crippen molar-refractivity contribution in [3.05, 3.63) is 24.6 Å². The molecule has 11 heavy (non-hydrogen) atoms. The van der Waals surface area contributed by atoms with E-state index >= 15 is 0 Å². The van der Waals surface area contributed by atoms with E-state index in [1.54, 1.807) is 6.21 Å². The largest absolute Gasteiger partial charge is 0.351 e. The van der Waals surface area contributed by atoms with Gasteiger partial charge in [-0.25, -0.2) is 0 Å². The summed E-state index contributed by atoms with van der Waals surface area (Å²) in [4.78, 5) is 6.29. The molecule has 2 nitrogen and oxygen atoms in total. The highest BCUT2D eigenvalue weighted by Crippen LogP contribution is 2.15. The van der Waals surface area contributed by atoms with E-state index in [0.717, 1.165) is 5.70 Å². The summed E-state index contributed by atoms with van der Waals surface area (Å²) in [6, 6.07) is 0. The van der Waals surface area contributed by atoms with Crippen LogP contribution in [0.4, 0.5) is 0 Å². The van der Waals surface area contributed by atoms with Crippen LogP contribution in [0.5, 0.6) is 0 Å². The van der Waals surface area contributed by atoms with Crippen LogP contribution in [0, 0.1) is 0 Å². The lowest BCUT2D eigenvalue weighted by Gasteiger charge is -2.11. The molecule has 0 amide bonds.